The van der Waals surface area contributed by atoms with Gasteiger partial charge >= 0.3 is 5.97 Å². The minimum Gasteiger partial charge on any atom is -0.480 e. The summed E-state index contributed by atoms with van der Waals surface area (Å²) >= 11 is 5.81. The lowest BCUT2D eigenvalue weighted by atomic mass is 10.1. The first kappa shape index (κ1) is 13.8. The van der Waals surface area contributed by atoms with Crippen LogP contribution in [-0.4, -0.2) is 24.2 Å². The van der Waals surface area contributed by atoms with Crippen LogP contribution in [0.3, 0.4) is 0 Å². The van der Waals surface area contributed by atoms with Gasteiger partial charge in [0, 0.05) is 17.3 Å². The van der Waals surface area contributed by atoms with Crippen molar-refractivity contribution >= 4 is 23.3 Å². The van der Waals surface area contributed by atoms with E-state index in [1.165, 1.54) is 0 Å². The van der Waals surface area contributed by atoms with Crippen molar-refractivity contribution in [2.45, 2.75) is 20.3 Å². The van der Waals surface area contributed by atoms with Gasteiger partial charge in [0.15, 0.2) is 0 Å². The quantitative estimate of drug-likeness (QED) is 0.848. The molecule has 0 heterocycles. The van der Waals surface area contributed by atoms with Crippen LogP contribution in [0, 0.1) is 5.92 Å². The van der Waals surface area contributed by atoms with Crippen molar-refractivity contribution in [3.63, 3.8) is 0 Å². The third kappa shape index (κ3) is 5.09. The van der Waals surface area contributed by atoms with Gasteiger partial charge in [-0.25, -0.2) is 0 Å². The molecule has 0 aliphatic carbocycles. The predicted molar refractivity (Wildman–Crippen MR) is 70.8 cm³/mol. The number of benzene rings is 1. The normalized spacial score (nSPS) is 10.6. The van der Waals surface area contributed by atoms with Crippen LogP contribution in [0.4, 0.5) is 5.69 Å². The van der Waals surface area contributed by atoms with E-state index in [-0.39, 0.29) is 6.54 Å². The zero-order valence-electron chi connectivity index (χ0n) is 10.2. The Balaban J connectivity index is 2.74. The molecular weight excluding hydrogens is 238 g/mol. The van der Waals surface area contributed by atoms with Crippen LogP contribution >= 0.6 is 11.6 Å². The van der Waals surface area contributed by atoms with E-state index in [0.717, 1.165) is 18.7 Å². The molecule has 4 heteroatoms. The molecule has 0 saturated heterocycles. The minimum absolute atomic E-state index is 0.0222. The Morgan fingerprint density at radius 3 is 2.41 bits per heavy atom. The van der Waals surface area contributed by atoms with Crippen LogP contribution in [-0.2, 0) is 4.79 Å². The molecule has 1 N–H and O–H groups in total. The van der Waals surface area contributed by atoms with E-state index in [1.54, 1.807) is 12.1 Å². The summed E-state index contributed by atoms with van der Waals surface area (Å²) in [6.45, 7) is 5.02. The standard InChI is InChI=1S/C13H18ClNO2/c1-10(2)7-8-15(9-13(16)17)12-5-3-11(14)4-6-12/h3-6,10H,7-9H2,1-2H3,(H,16,17). The maximum atomic E-state index is 10.8. The molecule has 1 rings (SSSR count). The van der Waals surface area contributed by atoms with Gasteiger partial charge in [-0.2, -0.15) is 0 Å². The van der Waals surface area contributed by atoms with Crippen LogP contribution in [0.2, 0.25) is 5.02 Å². The van der Waals surface area contributed by atoms with E-state index in [2.05, 4.69) is 13.8 Å². The molecule has 0 atom stereocenters. The average Bonchev–Trinajstić information content (AvgIpc) is 2.25. The number of hydrogen-bond donors (Lipinski definition) is 1. The smallest absolute Gasteiger partial charge is 0.323 e. The van der Waals surface area contributed by atoms with Gasteiger partial charge in [-0.05, 0) is 36.6 Å². The van der Waals surface area contributed by atoms with Gasteiger partial charge in [-0.3, -0.25) is 4.79 Å². The molecule has 0 bridgehead atoms. The van der Waals surface area contributed by atoms with Crippen molar-refractivity contribution < 1.29 is 9.90 Å². The summed E-state index contributed by atoms with van der Waals surface area (Å²) in [5, 5.41) is 9.56. The molecule has 0 unspecified atom stereocenters. The van der Waals surface area contributed by atoms with Crippen molar-refractivity contribution in [3.05, 3.63) is 29.3 Å². The van der Waals surface area contributed by atoms with Gasteiger partial charge < -0.3 is 10.0 Å². The lowest BCUT2D eigenvalue weighted by Crippen LogP contribution is -2.31. The topological polar surface area (TPSA) is 40.5 Å². The number of hydrogen-bond acceptors (Lipinski definition) is 2. The molecule has 1 aromatic rings. The molecular formula is C13H18ClNO2. The Bertz CT molecular complexity index is 362. The molecule has 94 valence electrons. The number of carboxylic acids is 1. The van der Waals surface area contributed by atoms with Gasteiger partial charge in [-0.1, -0.05) is 25.4 Å². The Morgan fingerprint density at radius 2 is 1.94 bits per heavy atom. The second kappa shape index (κ2) is 6.50. The maximum absolute atomic E-state index is 10.8. The van der Waals surface area contributed by atoms with Crippen LogP contribution in [0.15, 0.2) is 24.3 Å². The summed E-state index contributed by atoms with van der Waals surface area (Å²) in [7, 11) is 0. The molecule has 0 amide bonds. The first-order valence-electron chi connectivity index (χ1n) is 5.71. The maximum Gasteiger partial charge on any atom is 0.323 e. The number of carboxylic acid groups (broad SMARTS) is 1. The molecule has 0 aromatic heterocycles. The predicted octanol–water partition coefficient (Wildman–Crippen LogP) is 3.28. The van der Waals surface area contributed by atoms with Crippen molar-refractivity contribution in [3.8, 4) is 0 Å². The van der Waals surface area contributed by atoms with Crippen molar-refractivity contribution in [1.29, 1.82) is 0 Å². The number of carbonyl (C=O) groups is 1. The van der Waals surface area contributed by atoms with E-state index in [9.17, 15) is 4.79 Å². The van der Waals surface area contributed by atoms with Gasteiger partial charge in [-0.15, -0.1) is 0 Å². The van der Waals surface area contributed by atoms with Crippen molar-refractivity contribution in [1.82, 2.24) is 0 Å². The third-order valence-electron chi connectivity index (χ3n) is 2.49. The summed E-state index contributed by atoms with van der Waals surface area (Å²) in [5.41, 5.74) is 0.900. The molecule has 0 saturated carbocycles. The Morgan fingerprint density at radius 1 is 1.35 bits per heavy atom. The molecule has 3 nitrogen and oxygen atoms in total. The minimum atomic E-state index is -0.816. The Hall–Kier alpha value is -1.22. The lowest BCUT2D eigenvalue weighted by molar-refractivity contribution is -0.135. The summed E-state index contributed by atoms with van der Waals surface area (Å²) in [6.07, 6.45) is 0.968. The fourth-order valence-corrected chi connectivity index (χ4v) is 1.65. The first-order chi connectivity index (χ1) is 7.99. The third-order valence-corrected chi connectivity index (χ3v) is 2.75. The molecule has 1 aromatic carbocycles. The summed E-state index contributed by atoms with van der Waals surface area (Å²) in [4.78, 5) is 12.7. The van der Waals surface area contributed by atoms with E-state index in [4.69, 9.17) is 16.7 Å². The second-order valence-corrected chi connectivity index (χ2v) is 4.91. The van der Waals surface area contributed by atoms with Gasteiger partial charge in [0.05, 0.1) is 0 Å². The zero-order valence-corrected chi connectivity index (χ0v) is 10.9. The van der Waals surface area contributed by atoms with Crippen molar-refractivity contribution in [2.75, 3.05) is 18.0 Å². The summed E-state index contributed by atoms with van der Waals surface area (Å²) in [6, 6.07) is 7.26. The summed E-state index contributed by atoms with van der Waals surface area (Å²) < 4.78 is 0. The fraction of sp³-hybridized carbons (Fsp3) is 0.462. The first-order valence-corrected chi connectivity index (χ1v) is 6.09. The molecule has 0 aliphatic heterocycles. The highest BCUT2D eigenvalue weighted by molar-refractivity contribution is 6.30. The average molecular weight is 256 g/mol. The molecule has 0 fully saturated rings. The molecule has 0 radical (unpaired) electrons. The van der Waals surface area contributed by atoms with Crippen LogP contribution in [0.25, 0.3) is 0 Å². The largest absolute Gasteiger partial charge is 0.480 e. The van der Waals surface area contributed by atoms with E-state index in [1.807, 2.05) is 17.0 Å². The molecule has 0 aliphatic rings. The van der Waals surface area contributed by atoms with Gasteiger partial charge in [0.1, 0.15) is 6.54 Å². The number of nitrogens with zero attached hydrogens (tertiary/aromatic N) is 1. The van der Waals surface area contributed by atoms with Crippen LogP contribution < -0.4 is 4.90 Å². The number of anilines is 1. The zero-order chi connectivity index (χ0) is 12.8. The molecule has 0 spiro atoms. The Kier molecular flexibility index (Phi) is 5.29. The highest BCUT2D eigenvalue weighted by atomic mass is 35.5. The Labute approximate surface area is 107 Å². The van der Waals surface area contributed by atoms with Crippen LogP contribution in [0.1, 0.15) is 20.3 Å². The SMILES string of the molecule is CC(C)CCN(CC(=O)O)c1ccc(Cl)cc1. The second-order valence-electron chi connectivity index (χ2n) is 4.47. The monoisotopic (exact) mass is 255 g/mol. The highest BCUT2D eigenvalue weighted by Crippen LogP contribution is 2.18. The number of halogens is 1. The highest BCUT2D eigenvalue weighted by Gasteiger charge is 2.11. The van der Waals surface area contributed by atoms with E-state index < -0.39 is 5.97 Å². The lowest BCUT2D eigenvalue weighted by Gasteiger charge is -2.23. The molecule has 17 heavy (non-hydrogen) atoms. The number of rotatable bonds is 6. The van der Waals surface area contributed by atoms with Gasteiger partial charge in [0.25, 0.3) is 0 Å². The number of aliphatic carboxylic acids is 1. The van der Waals surface area contributed by atoms with Crippen LogP contribution in [0.5, 0.6) is 0 Å². The van der Waals surface area contributed by atoms with E-state index in [0.29, 0.717) is 10.9 Å². The van der Waals surface area contributed by atoms with Crippen molar-refractivity contribution in [2.24, 2.45) is 5.92 Å². The summed E-state index contributed by atoms with van der Waals surface area (Å²) in [5.74, 6) is -0.262. The van der Waals surface area contributed by atoms with E-state index >= 15 is 0 Å². The fourth-order valence-electron chi connectivity index (χ4n) is 1.53. The van der Waals surface area contributed by atoms with Gasteiger partial charge in [0.2, 0.25) is 0 Å².